The Morgan fingerprint density at radius 1 is 1.53 bits per heavy atom. The molecule has 0 spiro atoms. The van der Waals surface area contributed by atoms with E-state index in [0.717, 1.165) is 0 Å². The molecule has 0 aliphatic rings. The molecule has 0 heterocycles. The number of ether oxygens (including phenoxy) is 1. The monoisotopic (exact) mass is 237 g/mol. The highest BCUT2D eigenvalue weighted by Gasteiger charge is 2.12. The molecule has 0 radical (unpaired) electrons. The number of carbonyl (C=O) groups is 1. The summed E-state index contributed by atoms with van der Waals surface area (Å²) < 4.78 is 5.05. The van der Waals surface area contributed by atoms with Gasteiger partial charge >= 0.3 is 5.97 Å². The molecular weight excluding hydrogens is 222 g/mol. The normalized spacial score (nSPS) is 11.9. The van der Waals surface area contributed by atoms with Crippen molar-refractivity contribution < 1.29 is 14.5 Å². The van der Waals surface area contributed by atoms with Crippen LogP contribution in [0.25, 0.3) is 0 Å². The van der Waals surface area contributed by atoms with E-state index in [1.807, 2.05) is 6.92 Å². The van der Waals surface area contributed by atoms with Gasteiger partial charge in [-0.15, -0.1) is 0 Å². The molecule has 0 aliphatic heterocycles. The second-order valence-corrected chi connectivity index (χ2v) is 3.84. The third-order valence-corrected chi connectivity index (χ3v) is 2.52. The van der Waals surface area contributed by atoms with E-state index in [9.17, 15) is 14.9 Å². The van der Waals surface area contributed by atoms with Crippen molar-refractivity contribution in [2.75, 3.05) is 0 Å². The first kappa shape index (κ1) is 13.2. The molecule has 1 atom stereocenters. The predicted octanol–water partition coefficient (Wildman–Crippen LogP) is 2.68. The summed E-state index contributed by atoms with van der Waals surface area (Å²) in [5.41, 5.74) is 0.623. The maximum absolute atomic E-state index is 11.4. The first-order chi connectivity index (χ1) is 8.04. The van der Waals surface area contributed by atoms with E-state index in [1.54, 1.807) is 19.1 Å². The van der Waals surface area contributed by atoms with Crippen LogP contribution in [0.1, 0.15) is 25.8 Å². The molecule has 1 rings (SSSR count). The standard InChI is InChI=1S/C12H15NO4/c1-3-9(2)12(14)17-8-10-5-4-6-11(7-10)13(15)16/h4-7,9H,3,8H2,1-2H3. The van der Waals surface area contributed by atoms with Gasteiger partial charge in [0.2, 0.25) is 0 Å². The molecule has 5 heteroatoms. The minimum absolute atomic E-state index is 0.00193. The zero-order chi connectivity index (χ0) is 12.8. The van der Waals surface area contributed by atoms with Gasteiger partial charge in [0.15, 0.2) is 0 Å². The Morgan fingerprint density at radius 2 is 2.24 bits per heavy atom. The van der Waals surface area contributed by atoms with Gasteiger partial charge in [0.25, 0.3) is 5.69 Å². The van der Waals surface area contributed by atoms with Gasteiger partial charge in [-0.25, -0.2) is 0 Å². The maximum atomic E-state index is 11.4. The van der Waals surface area contributed by atoms with Crippen LogP contribution in [0, 0.1) is 16.0 Å². The Kier molecular flexibility index (Phi) is 4.63. The second kappa shape index (κ2) is 5.98. The Balaban J connectivity index is 2.60. The third kappa shape index (κ3) is 3.86. The molecule has 0 saturated heterocycles. The lowest BCUT2D eigenvalue weighted by Crippen LogP contribution is -2.13. The van der Waals surface area contributed by atoms with E-state index >= 15 is 0 Å². The second-order valence-electron chi connectivity index (χ2n) is 3.84. The summed E-state index contributed by atoms with van der Waals surface area (Å²) >= 11 is 0. The van der Waals surface area contributed by atoms with E-state index in [1.165, 1.54) is 12.1 Å². The van der Waals surface area contributed by atoms with Crippen LogP contribution in [0.5, 0.6) is 0 Å². The molecule has 0 N–H and O–H groups in total. The number of rotatable bonds is 5. The molecule has 0 saturated carbocycles. The fourth-order valence-electron chi connectivity index (χ4n) is 1.22. The van der Waals surface area contributed by atoms with Crippen molar-refractivity contribution in [1.29, 1.82) is 0 Å². The molecule has 0 aliphatic carbocycles. The average molecular weight is 237 g/mol. The van der Waals surface area contributed by atoms with Crippen molar-refractivity contribution in [3.8, 4) is 0 Å². The fourth-order valence-corrected chi connectivity index (χ4v) is 1.22. The van der Waals surface area contributed by atoms with Crippen LogP contribution in [0.4, 0.5) is 5.69 Å². The molecule has 1 aromatic carbocycles. The summed E-state index contributed by atoms with van der Waals surface area (Å²) in [6.45, 7) is 3.76. The topological polar surface area (TPSA) is 69.4 Å². The van der Waals surface area contributed by atoms with Gasteiger partial charge in [-0.3, -0.25) is 14.9 Å². The van der Waals surface area contributed by atoms with Gasteiger partial charge in [0, 0.05) is 12.1 Å². The minimum Gasteiger partial charge on any atom is -0.461 e. The Morgan fingerprint density at radius 3 is 2.82 bits per heavy atom. The van der Waals surface area contributed by atoms with E-state index in [-0.39, 0.29) is 24.2 Å². The quantitative estimate of drug-likeness (QED) is 0.448. The Hall–Kier alpha value is -1.91. The van der Waals surface area contributed by atoms with Crippen molar-refractivity contribution in [2.24, 2.45) is 5.92 Å². The fraction of sp³-hybridized carbons (Fsp3) is 0.417. The van der Waals surface area contributed by atoms with Crippen LogP contribution in [-0.4, -0.2) is 10.9 Å². The van der Waals surface area contributed by atoms with Crippen LogP contribution in [0.2, 0.25) is 0 Å². The summed E-state index contributed by atoms with van der Waals surface area (Å²) in [5.74, 6) is -0.423. The van der Waals surface area contributed by atoms with Gasteiger partial charge in [0.1, 0.15) is 6.61 Å². The van der Waals surface area contributed by atoms with E-state index in [4.69, 9.17) is 4.74 Å². The minimum atomic E-state index is -0.472. The predicted molar refractivity (Wildman–Crippen MR) is 62.3 cm³/mol. The summed E-state index contributed by atoms with van der Waals surface area (Å²) in [6, 6.07) is 6.07. The molecule has 92 valence electrons. The zero-order valence-corrected chi connectivity index (χ0v) is 9.88. The maximum Gasteiger partial charge on any atom is 0.308 e. The SMILES string of the molecule is CCC(C)C(=O)OCc1cccc([N+](=O)[O-])c1. The number of hydrogen-bond donors (Lipinski definition) is 0. The van der Waals surface area contributed by atoms with Gasteiger partial charge in [-0.2, -0.15) is 0 Å². The number of hydrogen-bond acceptors (Lipinski definition) is 4. The Labute approximate surface area is 99.5 Å². The molecule has 1 unspecified atom stereocenters. The van der Waals surface area contributed by atoms with Crippen LogP contribution >= 0.6 is 0 Å². The van der Waals surface area contributed by atoms with Gasteiger partial charge in [-0.05, 0) is 12.0 Å². The molecule has 1 aromatic rings. The molecule has 5 nitrogen and oxygen atoms in total. The summed E-state index contributed by atoms with van der Waals surface area (Å²) in [5, 5.41) is 10.5. The number of nitro groups is 1. The van der Waals surface area contributed by atoms with Crippen molar-refractivity contribution in [3.63, 3.8) is 0 Å². The number of benzene rings is 1. The highest BCUT2D eigenvalue weighted by Crippen LogP contribution is 2.14. The summed E-state index contributed by atoms with van der Waals surface area (Å²) in [6.07, 6.45) is 0.716. The smallest absolute Gasteiger partial charge is 0.308 e. The van der Waals surface area contributed by atoms with Gasteiger partial charge in [-0.1, -0.05) is 26.0 Å². The van der Waals surface area contributed by atoms with E-state index in [0.29, 0.717) is 12.0 Å². The number of carbonyl (C=O) groups excluding carboxylic acids is 1. The number of nitrogens with zero attached hydrogens (tertiary/aromatic N) is 1. The van der Waals surface area contributed by atoms with Crippen LogP contribution in [-0.2, 0) is 16.1 Å². The van der Waals surface area contributed by atoms with E-state index < -0.39 is 4.92 Å². The molecule has 0 fully saturated rings. The number of non-ortho nitro benzene ring substituents is 1. The molecule has 17 heavy (non-hydrogen) atoms. The van der Waals surface area contributed by atoms with Crippen LogP contribution in [0.15, 0.2) is 24.3 Å². The molecule has 0 amide bonds. The number of esters is 1. The van der Waals surface area contributed by atoms with Crippen LogP contribution in [0.3, 0.4) is 0 Å². The zero-order valence-electron chi connectivity index (χ0n) is 9.88. The van der Waals surface area contributed by atoms with Crippen molar-refractivity contribution in [1.82, 2.24) is 0 Å². The molecular formula is C12H15NO4. The lowest BCUT2D eigenvalue weighted by Gasteiger charge is -2.08. The van der Waals surface area contributed by atoms with Gasteiger partial charge < -0.3 is 4.74 Å². The van der Waals surface area contributed by atoms with Crippen molar-refractivity contribution >= 4 is 11.7 Å². The van der Waals surface area contributed by atoms with E-state index in [2.05, 4.69) is 0 Å². The summed E-state index contributed by atoms with van der Waals surface area (Å²) in [7, 11) is 0. The van der Waals surface area contributed by atoms with Crippen molar-refractivity contribution in [3.05, 3.63) is 39.9 Å². The van der Waals surface area contributed by atoms with Crippen LogP contribution < -0.4 is 0 Å². The third-order valence-electron chi connectivity index (χ3n) is 2.52. The lowest BCUT2D eigenvalue weighted by molar-refractivity contribution is -0.384. The highest BCUT2D eigenvalue weighted by atomic mass is 16.6. The van der Waals surface area contributed by atoms with Gasteiger partial charge in [0.05, 0.1) is 10.8 Å². The molecule has 0 bridgehead atoms. The van der Waals surface area contributed by atoms with Crippen molar-refractivity contribution in [2.45, 2.75) is 26.9 Å². The molecule has 0 aromatic heterocycles. The Bertz CT molecular complexity index is 417. The summed E-state index contributed by atoms with van der Waals surface area (Å²) in [4.78, 5) is 21.5. The lowest BCUT2D eigenvalue weighted by atomic mass is 10.1. The first-order valence-corrected chi connectivity index (χ1v) is 5.44. The highest BCUT2D eigenvalue weighted by molar-refractivity contribution is 5.71. The first-order valence-electron chi connectivity index (χ1n) is 5.44. The number of nitro benzene ring substituents is 1. The largest absolute Gasteiger partial charge is 0.461 e. The average Bonchev–Trinajstić information content (AvgIpc) is 2.35.